The van der Waals surface area contributed by atoms with Gasteiger partial charge in [-0.15, -0.1) is 11.3 Å². The average molecular weight is 631 g/mol. The minimum Gasteiger partial charge on any atom is -0.495 e. The lowest BCUT2D eigenvalue weighted by atomic mass is 9.95. The molecule has 0 spiro atoms. The predicted molar refractivity (Wildman–Crippen MR) is 172 cm³/mol. The maximum Gasteiger partial charge on any atom is 0.254 e. The van der Waals surface area contributed by atoms with Crippen LogP contribution in [0.4, 0.5) is 5.00 Å². The van der Waals surface area contributed by atoms with Gasteiger partial charge in [-0.25, -0.2) is 4.68 Å². The summed E-state index contributed by atoms with van der Waals surface area (Å²) in [4.78, 5) is 28.4. The van der Waals surface area contributed by atoms with Gasteiger partial charge in [0.2, 0.25) is 5.91 Å². The molecule has 0 bridgehead atoms. The molecule has 2 aromatic carbocycles. The molecule has 1 saturated heterocycles. The molecule has 10 heteroatoms. The van der Waals surface area contributed by atoms with Gasteiger partial charge in [-0.3, -0.25) is 9.59 Å². The van der Waals surface area contributed by atoms with Crippen LogP contribution in [0.5, 0.6) is 5.75 Å². The number of rotatable bonds is 9. The standard InChI is InChI=1S/C34H35ClN4O4S/c1-42-28-14-13-20(16-27(28)35)31-26(19-39(38-31)21-8-3-2-4-9-21)24-17-25(24)32(40)37-34-30(23-11-5-6-12-29(23)44-34)33(41)36-18-22-10-7-15-43-22/h2-4,8-9,13-14,16,19,22,24-25H,5-7,10-12,15,17-18H2,1H3,(H,36,41)(H,37,40). The zero-order valence-electron chi connectivity index (χ0n) is 24.6. The number of para-hydroxylation sites is 1. The molecular weight excluding hydrogens is 596 g/mol. The molecule has 3 unspecified atom stereocenters. The second-order valence-corrected chi connectivity index (χ2v) is 13.3. The second-order valence-electron chi connectivity index (χ2n) is 11.8. The summed E-state index contributed by atoms with van der Waals surface area (Å²) < 4.78 is 12.9. The molecule has 2 N–H and O–H groups in total. The first kappa shape index (κ1) is 29.1. The highest BCUT2D eigenvalue weighted by Gasteiger charge is 2.46. The first-order valence-electron chi connectivity index (χ1n) is 15.3. The minimum absolute atomic E-state index is 0.00489. The van der Waals surface area contributed by atoms with E-state index >= 15 is 0 Å². The minimum atomic E-state index is -0.224. The molecule has 7 rings (SSSR count). The number of aromatic nitrogens is 2. The second kappa shape index (κ2) is 12.4. The SMILES string of the molecule is COc1ccc(-c2nn(-c3ccccc3)cc2C2CC2C(=O)Nc2sc3c(c2C(=O)NCC2CCCO2)CCCC3)cc1Cl. The van der Waals surface area contributed by atoms with E-state index in [0.29, 0.717) is 34.3 Å². The fourth-order valence-corrected chi connectivity index (χ4v) is 7.98. The Kier molecular flexibility index (Phi) is 8.18. The third-order valence-electron chi connectivity index (χ3n) is 8.86. The molecule has 0 radical (unpaired) electrons. The van der Waals surface area contributed by atoms with E-state index in [2.05, 4.69) is 10.6 Å². The number of thiophene rings is 1. The Balaban J connectivity index is 1.14. The Morgan fingerprint density at radius 3 is 2.75 bits per heavy atom. The van der Waals surface area contributed by atoms with Crippen molar-refractivity contribution < 1.29 is 19.1 Å². The van der Waals surface area contributed by atoms with Gasteiger partial charge < -0.3 is 20.1 Å². The normalized spacial score (nSPS) is 20.6. The number of benzene rings is 2. The Morgan fingerprint density at radius 2 is 1.98 bits per heavy atom. The first-order chi connectivity index (χ1) is 21.5. The molecule has 3 heterocycles. The molecule has 228 valence electrons. The summed E-state index contributed by atoms with van der Waals surface area (Å²) in [6, 6.07) is 15.6. The molecule has 2 aromatic heterocycles. The van der Waals surface area contributed by atoms with Crippen LogP contribution in [0.25, 0.3) is 16.9 Å². The Hall–Kier alpha value is -3.66. The van der Waals surface area contributed by atoms with Gasteiger partial charge in [0.25, 0.3) is 5.91 Å². The highest BCUT2D eigenvalue weighted by Crippen LogP contribution is 2.51. The van der Waals surface area contributed by atoms with Gasteiger partial charge in [0, 0.05) is 47.2 Å². The van der Waals surface area contributed by atoms with Crippen molar-refractivity contribution in [3.05, 3.63) is 81.3 Å². The van der Waals surface area contributed by atoms with Crippen molar-refractivity contribution in [1.82, 2.24) is 15.1 Å². The third kappa shape index (κ3) is 5.76. The van der Waals surface area contributed by atoms with E-state index in [1.165, 1.54) is 4.88 Å². The zero-order valence-corrected chi connectivity index (χ0v) is 26.2. The van der Waals surface area contributed by atoms with Crippen LogP contribution in [-0.4, -0.2) is 48.0 Å². The third-order valence-corrected chi connectivity index (χ3v) is 10.4. The molecule has 1 saturated carbocycles. The fourth-order valence-electron chi connectivity index (χ4n) is 6.44. The topological polar surface area (TPSA) is 94.5 Å². The van der Waals surface area contributed by atoms with Crippen LogP contribution in [0.1, 0.15) is 64.4 Å². The van der Waals surface area contributed by atoms with Gasteiger partial charge in [-0.1, -0.05) is 29.8 Å². The molecule has 3 aliphatic rings. The van der Waals surface area contributed by atoms with Gasteiger partial charge in [0.1, 0.15) is 10.8 Å². The summed E-state index contributed by atoms with van der Waals surface area (Å²) in [6.45, 7) is 1.24. The molecule has 8 nitrogen and oxygen atoms in total. The van der Waals surface area contributed by atoms with Crippen molar-refractivity contribution in [3.63, 3.8) is 0 Å². The maximum absolute atomic E-state index is 13.8. The smallest absolute Gasteiger partial charge is 0.254 e. The van der Waals surface area contributed by atoms with E-state index in [1.54, 1.807) is 18.4 Å². The van der Waals surface area contributed by atoms with Crippen LogP contribution in [0.3, 0.4) is 0 Å². The van der Waals surface area contributed by atoms with Crippen molar-refractivity contribution in [3.8, 4) is 22.7 Å². The number of anilines is 1. The molecule has 3 atom stereocenters. The number of nitrogens with one attached hydrogen (secondary N) is 2. The molecule has 1 aliphatic heterocycles. The number of ether oxygens (including phenoxy) is 2. The van der Waals surface area contributed by atoms with Gasteiger partial charge >= 0.3 is 0 Å². The number of aryl methyl sites for hydroxylation is 1. The number of fused-ring (bicyclic) bond motifs is 1. The van der Waals surface area contributed by atoms with Crippen molar-refractivity contribution >= 4 is 39.8 Å². The lowest BCUT2D eigenvalue weighted by Gasteiger charge is -2.15. The fraction of sp³-hybridized carbons (Fsp3) is 0.382. The van der Waals surface area contributed by atoms with Gasteiger partial charge in [0.15, 0.2) is 0 Å². The number of hydrogen-bond acceptors (Lipinski definition) is 6. The van der Waals surface area contributed by atoms with Crippen LogP contribution >= 0.6 is 22.9 Å². The zero-order chi connectivity index (χ0) is 30.2. The molecule has 2 fully saturated rings. The summed E-state index contributed by atoms with van der Waals surface area (Å²) in [5.41, 5.74) is 5.32. The summed E-state index contributed by atoms with van der Waals surface area (Å²) in [5.74, 6) is 0.184. The van der Waals surface area contributed by atoms with Gasteiger partial charge in [0.05, 0.1) is 35.2 Å². The Labute approximate surface area is 265 Å². The van der Waals surface area contributed by atoms with E-state index in [-0.39, 0.29) is 29.8 Å². The highest BCUT2D eigenvalue weighted by atomic mass is 35.5. The molecule has 2 amide bonds. The average Bonchev–Trinajstić information content (AvgIpc) is 3.36. The summed E-state index contributed by atoms with van der Waals surface area (Å²) in [6.07, 6.45) is 8.73. The van der Waals surface area contributed by atoms with Crippen LogP contribution in [0, 0.1) is 5.92 Å². The van der Waals surface area contributed by atoms with Gasteiger partial charge in [-0.2, -0.15) is 5.10 Å². The first-order valence-corrected chi connectivity index (χ1v) is 16.5. The lowest BCUT2D eigenvalue weighted by molar-refractivity contribution is -0.117. The summed E-state index contributed by atoms with van der Waals surface area (Å²) >= 11 is 8.06. The number of amides is 2. The molecular formula is C34H35ClN4O4S. The number of carbonyl (C=O) groups is 2. The predicted octanol–water partition coefficient (Wildman–Crippen LogP) is 6.79. The van der Waals surface area contributed by atoms with E-state index in [9.17, 15) is 9.59 Å². The van der Waals surface area contributed by atoms with E-state index in [1.807, 2.05) is 59.4 Å². The Morgan fingerprint density at radius 1 is 1.14 bits per heavy atom. The maximum atomic E-state index is 13.8. The molecule has 4 aromatic rings. The molecule has 44 heavy (non-hydrogen) atoms. The summed E-state index contributed by atoms with van der Waals surface area (Å²) in [7, 11) is 1.59. The van der Waals surface area contributed by atoms with Crippen LogP contribution in [0.15, 0.2) is 54.7 Å². The number of nitrogens with zero attached hydrogens (tertiary/aromatic N) is 2. The summed E-state index contributed by atoms with van der Waals surface area (Å²) in [5, 5.41) is 12.4. The van der Waals surface area contributed by atoms with Crippen LogP contribution in [0.2, 0.25) is 5.02 Å². The Bertz CT molecular complexity index is 1690. The number of hydrogen-bond donors (Lipinski definition) is 2. The van der Waals surface area contributed by atoms with Crippen LogP contribution < -0.4 is 15.4 Å². The van der Waals surface area contributed by atoms with Crippen molar-refractivity contribution in [2.75, 3.05) is 25.6 Å². The number of halogens is 1. The highest BCUT2D eigenvalue weighted by molar-refractivity contribution is 7.17. The monoisotopic (exact) mass is 630 g/mol. The number of carbonyl (C=O) groups excluding carboxylic acids is 2. The van der Waals surface area contributed by atoms with Crippen molar-refractivity contribution in [2.45, 2.75) is 57.0 Å². The lowest BCUT2D eigenvalue weighted by Crippen LogP contribution is -2.32. The van der Waals surface area contributed by atoms with Crippen molar-refractivity contribution in [2.24, 2.45) is 5.92 Å². The van der Waals surface area contributed by atoms with Gasteiger partial charge in [-0.05, 0) is 80.8 Å². The van der Waals surface area contributed by atoms with E-state index in [0.717, 1.165) is 73.2 Å². The largest absolute Gasteiger partial charge is 0.495 e. The van der Waals surface area contributed by atoms with Crippen LogP contribution in [-0.2, 0) is 22.4 Å². The van der Waals surface area contributed by atoms with E-state index in [4.69, 9.17) is 26.2 Å². The quantitative estimate of drug-likeness (QED) is 0.212. The molecule has 2 aliphatic carbocycles. The van der Waals surface area contributed by atoms with E-state index < -0.39 is 0 Å². The number of methoxy groups -OCH3 is 1. The van der Waals surface area contributed by atoms with Crippen molar-refractivity contribution in [1.29, 1.82) is 0 Å².